The van der Waals surface area contributed by atoms with Gasteiger partial charge in [-0.3, -0.25) is 0 Å². The minimum absolute atomic E-state index is 0.449. The van der Waals surface area contributed by atoms with E-state index < -0.39 is 0 Å². The first kappa shape index (κ1) is 8.02. The number of hydrogen-bond acceptors (Lipinski definition) is 2. The molecule has 0 aromatic carbocycles. The molecule has 1 saturated carbocycles. The van der Waals surface area contributed by atoms with E-state index in [1.165, 1.54) is 19.3 Å². The minimum atomic E-state index is 0.449. The maximum Gasteiger partial charge on any atom is 0.0494 e. The minimum Gasteiger partial charge on any atom is -0.381 e. The van der Waals surface area contributed by atoms with Crippen molar-refractivity contribution in [1.82, 2.24) is 0 Å². The van der Waals surface area contributed by atoms with Crippen molar-refractivity contribution in [3.8, 4) is 0 Å². The molecule has 2 heteroatoms. The molecule has 2 atom stereocenters. The van der Waals surface area contributed by atoms with Crippen LogP contribution in [0, 0.1) is 5.92 Å². The molecule has 0 amide bonds. The average molecular weight is 143 g/mol. The second-order valence-corrected chi connectivity index (χ2v) is 3.10. The highest BCUT2D eigenvalue weighted by Crippen LogP contribution is 2.23. The Balaban J connectivity index is 2.06. The molecular formula is C8H17NO. The molecule has 10 heavy (non-hydrogen) atoms. The molecule has 1 aliphatic carbocycles. The summed E-state index contributed by atoms with van der Waals surface area (Å²) in [6.07, 6.45) is 3.62. The molecule has 0 saturated heterocycles. The van der Waals surface area contributed by atoms with Crippen molar-refractivity contribution in [2.45, 2.75) is 32.2 Å². The molecule has 1 aliphatic rings. The van der Waals surface area contributed by atoms with E-state index in [9.17, 15) is 0 Å². The smallest absolute Gasteiger partial charge is 0.0494 e. The third-order valence-corrected chi connectivity index (χ3v) is 2.14. The topological polar surface area (TPSA) is 35.2 Å². The molecule has 0 bridgehead atoms. The van der Waals surface area contributed by atoms with Crippen LogP contribution >= 0.6 is 0 Å². The quantitative estimate of drug-likeness (QED) is 0.643. The average Bonchev–Trinajstić information content (AvgIpc) is 2.31. The fourth-order valence-corrected chi connectivity index (χ4v) is 1.55. The maximum atomic E-state index is 5.74. The Labute approximate surface area is 62.7 Å². The highest BCUT2D eigenvalue weighted by atomic mass is 16.5. The number of ether oxygens (including phenoxy) is 1. The van der Waals surface area contributed by atoms with Crippen molar-refractivity contribution in [3.05, 3.63) is 0 Å². The van der Waals surface area contributed by atoms with E-state index in [0.29, 0.717) is 6.04 Å². The Kier molecular flexibility index (Phi) is 3.16. The summed E-state index contributed by atoms with van der Waals surface area (Å²) in [6.45, 7) is 3.80. The van der Waals surface area contributed by atoms with E-state index in [4.69, 9.17) is 10.5 Å². The van der Waals surface area contributed by atoms with Crippen LogP contribution in [0.2, 0.25) is 0 Å². The summed E-state index contributed by atoms with van der Waals surface area (Å²) in [5, 5.41) is 0. The highest BCUT2D eigenvalue weighted by Gasteiger charge is 2.21. The first-order valence-electron chi connectivity index (χ1n) is 4.16. The van der Waals surface area contributed by atoms with E-state index in [2.05, 4.69) is 0 Å². The molecule has 2 nitrogen and oxygen atoms in total. The fraction of sp³-hybridized carbons (Fsp3) is 1.00. The summed E-state index contributed by atoms with van der Waals surface area (Å²) < 4.78 is 5.31. The maximum absolute atomic E-state index is 5.74. The summed E-state index contributed by atoms with van der Waals surface area (Å²) in [4.78, 5) is 0. The predicted octanol–water partition coefficient (Wildman–Crippen LogP) is 1.15. The van der Waals surface area contributed by atoms with Crippen molar-refractivity contribution in [1.29, 1.82) is 0 Å². The Bertz CT molecular complexity index is 95.3. The Morgan fingerprint density at radius 2 is 2.30 bits per heavy atom. The van der Waals surface area contributed by atoms with Gasteiger partial charge in [0.05, 0.1) is 0 Å². The molecule has 2 N–H and O–H groups in total. The van der Waals surface area contributed by atoms with Crippen LogP contribution in [0.1, 0.15) is 26.2 Å². The van der Waals surface area contributed by atoms with Gasteiger partial charge in [0.2, 0.25) is 0 Å². The summed E-state index contributed by atoms with van der Waals surface area (Å²) >= 11 is 0. The largest absolute Gasteiger partial charge is 0.381 e. The standard InChI is InChI=1S/C8H17NO/c1-2-10-6-7-3-4-8(9)5-7/h7-8H,2-6,9H2,1H3. The molecule has 2 unspecified atom stereocenters. The molecule has 1 fully saturated rings. The van der Waals surface area contributed by atoms with Crippen LogP contribution < -0.4 is 5.73 Å². The highest BCUT2D eigenvalue weighted by molar-refractivity contribution is 4.77. The van der Waals surface area contributed by atoms with Gasteiger partial charge < -0.3 is 10.5 Å². The van der Waals surface area contributed by atoms with Crippen molar-refractivity contribution >= 4 is 0 Å². The van der Waals surface area contributed by atoms with Crippen LogP contribution in [-0.4, -0.2) is 19.3 Å². The first-order chi connectivity index (χ1) is 4.83. The van der Waals surface area contributed by atoms with Gasteiger partial charge in [0.1, 0.15) is 0 Å². The van der Waals surface area contributed by atoms with Crippen molar-refractivity contribution < 1.29 is 4.74 Å². The molecule has 0 aliphatic heterocycles. The van der Waals surface area contributed by atoms with E-state index in [1.54, 1.807) is 0 Å². The van der Waals surface area contributed by atoms with Gasteiger partial charge in [0.15, 0.2) is 0 Å². The monoisotopic (exact) mass is 143 g/mol. The lowest BCUT2D eigenvalue weighted by atomic mass is 10.1. The van der Waals surface area contributed by atoms with E-state index in [0.717, 1.165) is 19.1 Å². The Morgan fingerprint density at radius 1 is 1.50 bits per heavy atom. The summed E-state index contributed by atoms with van der Waals surface area (Å²) in [5.74, 6) is 0.745. The zero-order valence-electron chi connectivity index (χ0n) is 6.68. The molecular weight excluding hydrogens is 126 g/mol. The lowest BCUT2D eigenvalue weighted by Crippen LogP contribution is -2.16. The van der Waals surface area contributed by atoms with Gasteiger partial charge in [0, 0.05) is 19.3 Å². The van der Waals surface area contributed by atoms with Crippen LogP contribution in [0.25, 0.3) is 0 Å². The van der Waals surface area contributed by atoms with Gasteiger partial charge in [-0.25, -0.2) is 0 Å². The SMILES string of the molecule is CCOCC1CCC(N)C1. The van der Waals surface area contributed by atoms with Crippen LogP contribution in [0.3, 0.4) is 0 Å². The molecule has 1 rings (SSSR count). The van der Waals surface area contributed by atoms with Gasteiger partial charge in [-0.05, 0) is 32.1 Å². The van der Waals surface area contributed by atoms with Crippen LogP contribution in [0.5, 0.6) is 0 Å². The van der Waals surface area contributed by atoms with E-state index in [1.807, 2.05) is 6.92 Å². The van der Waals surface area contributed by atoms with Crippen LogP contribution in [0.4, 0.5) is 0 Å². The normalized spacial score (nSPS) is 33.0. The zero-order chi connectivity index (χ0) is 7.40. The molecule has 0 heterocycles. The van der Waals surface area contributed by atoms with Gasteiger partial charge in [-0.1, -0.05) is 0 Å². The lowest BCUT2D eigenvalue weighted by molar-refractivity contribution is 0.112. The molecule has 0 aromatic rings. The van der Waals surface area contributed by atoms with Crippen molar-refractivity contribution in [3.63, 3.8) is 0 Å². The molecule has 60 valence electrons. The Hall–Kier alpha value is -0.0800. The van der Waals surface area contributed by atoms with E-state index in [-0.39, 0.29) is 0 Å². The van der Waals surface area contributed by atoms with Gasteiger partial charge in [-0.2, -0.15) is 0 Å². The van der Waals surface area contributed by atoms with Crippen LogP contribution in [0.15, 0.2) is 0 Å². The second kappa shape index (κ2) is 3.94. The van der Waals surface area contributed by atoms with Crippen molar-refractivity contribution in [2.24, 2.45) is 11.7 Å². The summed E-state index contributed by atoms with van der Waals surface area (Å²) in [7, 11) is 0. The first-order valence-corrected chi connectivity index (χ1v) is 4.16. The third kappa shape index (κ3) is 2.27. The second-order valence-electron chi connectivity index (χ2n) is 3.10. The van der Waals surface area contributed by atoms with E-state index >= 15 is 0 Å². The molecule has 0 aromatic heterocycles. The van der Waals surface area contributed by atoms with Gasteiger partial charge in [0.25, 0.3) is 0 Å². The van der Waals surface area contributed by atoms with Gasteiger partial charge in [-0.15, -0.1) is 0 Å². The number of nitrogens with two attached hydrogens (primary N) is 1. The lowest BCUT2D eigenvalue weighted by Gasteiger charge is -2.07. The summed E-state index contributed by atoms with van der Waals surface area (Å²) in [6, 6.07) is 0.449. The molecule has 0 spiro atoms. The summed E-state index contributed by atoms with van der Waals surface area (Å²) in [5.41, 5.74) is 5.74. The van der Waals surface area contributed by atoms with Crippen molar-refractivity contribution in [2.75, 3.05) is 13.2 Å². The molecule has 0 radical (unpaired) electrons. The predicted molar refractivity (Wildman–Crippen MR) is 41.8 cm³/mol. The van der Waals surface area contributed by atoms with Gasteiger partial charge >= 0.3 is 0 Å². The fourth-order valence-electron chi connectivity index (χ4n) is 1.55. The number of rotatable bonds is 3. The number of hydrogen-bond donors (Lipinski definition) is 1. The zero-order valence-corrected chi connectivity index (χ0v) is 6.68. The van der Waals surface area contributed by atoms with Crippen LogP contribution in [-0.2, 0) is 4.74 Å². The third-order valence-electron chi connectivity index (χ3n) is 2.14. The Morgan fingerprint density at radius 3 is 2.80 bits per heavy atom.